The van der Waals surface area contributed by atoms with Crippen LogP contribution in [0.4, 0.5) is 10.1 Å². The van der Waals surface area contributed by atoms with Crippen molar-refractivity contribution in [2.24, 2.45) is 5.41 Å². The van der Waals surface area contributed by atoms with Crippen molar-refractivity contribution < 1.29 is 9.18 Å². The van der Waals surface area contributed by atoms with E-state index in [-0.39, 0.29) is 11.6 Å². The first-order chi connectivity index (χ1) is 8.01. The predicted octanol–water partition coefficient (Wildman–Crippen LogP) is 2.53. The number of amides is 1. The van der Waals surface area contributed by atoms with E-state index in [0.717, 1.165) is 13.0 Å². The van der Waals surface area contributed by atoms with Crippen LogP contribution < -0.4 is 10.6 Å². The van der Waals surface area contributed by atoms with Gasteiger partial charge in [0.25, 0.3) is 0 Å². The zero-order chi connectivity index (χ0) is 12.5. The van der Waals surface area contributed by atoms with Crippen LogP contribution >= 0.6 is 15.9 Å². The number of halogens is 2. The van der Waals surface area contributed by atoms with E-state index in [0.29, 0.717) is 11.0 Å². The first-order valence-electron chi connectivity index (χ1n) is 5.48. The van der Waals surface area contributed by atoms with Gasteiger partial charge < -0.3 is 10.6 Å². The van der Waals surface area contributed by atoms with Gasteiger partial charge in [-0.1, -0.05) is 15.9 Å². The molecular formula is C12H14BrFN2O. The Labute approximate surface area is 108 Å². The van der Waals surface area contributed by atoms with Crippen molar-refractivity contribution in [1.29, 1.82) is 0 Å². The Kier molecular flexibility index (Phi) is 3.49. The summed E-state index contributed by atoms with van der Waals surface area (Å²) in [6, 6.07) is 4.60. The third kappa shape index (κ3) is 2.66. The molecule has 92 valence electrons. The standard InChI is InChI=1S/C12H14BrFN2O/c1-12(4-5-15-7-12)11(17)16-10-3-2-8(13)6-9(10)14/h2-3,6,15H,4-5,7H2,1H3,(H,16,17). The quantitative estimate of drug-likeness (QED) is 0.881. The van der Waals surface area contributed by atoms with Crippen LogP contribution in [0.1, 0.15) is 13.3 Å². The maximum Gasteiger partial charge on any atom is 0.231 e. The summed E-state index contributed by atoms with van der Waals surface area (Å²) >= 11 is 3.18. The number of carbonyl (C=O) groups excluding carboxylic acids is 1. The number of anilines is 1. The predicted molar refractivity (Wildman–Crippen MR) is 68.3 cm³/mol. The van der Waals surface area contributed by atoms with Crippen LogP contribution in [0.3, 0.4) is 0 Å². The lowest BCUT2D eigenvalue weighted by Gasteiger charge is -2.21. The molecule has 0 aliphatic carbocycles. The molecule has 5 heteroatoms. The molecule has 1 aliphatic rings. The summed E-state index contributed by atoms with van der Waals surface area (Å²) in [5.41, 5.74) is -0.217. The summed E-state index contributed by atoms with van der Waals surface area (Å²) in [6.07, 6.45) is 0.775. The lowest BCUT2D eigenvalue weighted by molar-refractivity contribution is -0.123. The number of hydrogen-bond acceptors (Lipinski definition) is 2. The molecule has 0 bridgehead atoms. The monoisotopic (exact) mass is 300 g/mol. The van der Waals surface area contributed by atoms with E-state index in [1.165, 1.54) is 6.07 Å². The van der Waals surface area contributed by atoms with E-state index < -0.39 is 11.2 Å². The number of hydrogen-bond donors (Lipinski definition) is 2. The maximum atomic E-state index is 13.6. The molecule has 3 nitrogen and oxygen atoms in total. The topological polar surface area (TPSA) is 41.1 Å². The molecule has 0 radical (unpaired) electrons. The number of rotatable bonds is 2. The molecule has 1 aliphatic heterocycles. The summed E-state index contributed by atoms with van der Waals surface area (Å²) in [6.45, 7) is 3.35. The first-order valence-corrected chi connectivity index (χ1v) is 6.28. The molecule has 1 aromatic rings. The Balaban J connectivity index is 2.13. The molecule has 2 rings (SSSR count). The van der Waals surface area contributed by atoms with Gasteiger partial charge in [-0.25, -0.2) is 4.39 Å². The third-order valence-electron chi connectivity index (χ3n) is 3.10. The molecule has 0 aromatic heterocycles. The van der Waals surface area contributed by atoms with Gasteiger partial charge in [0.1, 0.15) is 5.82 Å². The average Bonchev–Trinajstić information content (AvgIpc) is 2.71. The molecule has 1 heterocycles. The summed E-state index contributed by atoms with van der Waals surface area (Å²) in [7, 11) is 0. The first kappa shape index (κ1) is 12.5. The number of carbonyl (C=O) groups is 1. The van der Waals surface area contributed by atoms with Gasteiger partial charge in [-0.05, 0) is 38.1 Å². The molecule has 1 amide bonds. The van der Waals surface area contributed by atoms with Crippen molar-refractivity contribution in [3.8, 4) is 0 Å². The second-order valence-electron chi connectivity index (χ2n) is 4.57. The highest BCUT2D eigenvalue weighted by molar-refractivity contribution is 9.10. The molecular weight excluding hydrogens is 287 g/mol. The van der Waals surface area contributed by atoms with Gasteiger partial charge in [-0.3, -0.25) is 4.79 Å². The van der Waals surface area contributed by atoms with E-state index in [2.05, 4.69) is 26.6 Å². The van der Waals surface area contributed by atoms with E-state index >= 15 is 0 Å². The zero-order valence-electron chi connectivity index (χ0n) is 9.52. The number of benzene rings is 1. The Bertz CT molecular complexity index is 444. The highest BCUT2D eigenvalue weighted by atomic mass is 79.9. The van der Waals surface area contributed by atoms with Gasteiger partial charge in [0.2, 0.25) is 5.91 Å². The minimum Gasteiger partial charge on any atom is -0.323 e. The van der Waals surface area contributed by atoms with Crippen LogP contribution in [-0.2, 0) is 4.79 Å². The van der Waals surface area contributed by atoms with E-state index in [4.69, 9.17) is 0 Å². The molecule has 0 spiro atoms. The van der Waals surface area contributed by atoms with Gasteiger partial charge in [-0.15, -0.1) is 0 Å². The van der Waals surface area contributed by atoms with E-state index in [1.807, 2.05) is 6.92 Å². The summed E-state index contributed by atoms with van der Waals surface area (Å²) in [4.78, 5) is 12.0. The lowest BCUT2D eigenvalue weighted by Crippen LogP contribution is -2.35. The fraction of sp³-hybridized carbons (Fsp3) is 0.417. The summed E-state index contributed by atoms with van der Waals surface area (Å²) < 4.78 is 14.2. The van der Waals surface area contributed by atoms with Crippen molar-refractivity contribution in [2.45, 2.75) is 13.3 Å². The average molecular weight is 301 g/mol. The largest absolute Gasteiger partial charge is 0.323 e. The van der Waals surface area contributed by atoms with Crippen molar-refractivity contribution >= 4 is 27.5 Å². The fourth-order valence-electron chi connectivity index (χ4n) is 1.87. The molecule has 1 aromatic carbocycles. The maximum absolute atomic E-state index is 13.6. The van der Waals surface area contributed by atoms with Crippen LogP contribution in [-0.4, -0.2) is 19.0 Å². The Hall–Kier alpha value is -0.940. The molecule has 1 fully saturated rings. The summed E-state index contributed by atoms with van der Waals surface area (Å²) in [5, 5.41) is 5.79. The minimum absolute atomic E-state index is 0.135. The Morgan fingerprint density at radius 3 is 2.94 bits per heavy atom. The number of nitrogens with one attached hydrogen (secondary N) is 2. The molecule has 1 unspecified atom stereocenters. The SMILES string of the molecule is CC1(C(=O)Nc2ccc(Br)cc2F)CCNC1. The molecule has 17 heavy (non-hydrogen) atoms. The van der Waals surface area contributed by atoms with Crippen LogP contribution in [0, 0.1) is 11.2 Å². The molecule has 2 N–H and O–H groups in total. The second-order valence-corrected chi connectivity index (χ2v) is 5.48. The van der Waals surface area contributed by atoms with Gasteiger partial charge in [0.05, 0.1) is 11.1 Å². The van der Waals surface area contributed by atoms with Crippen molar-refractivity contribution in [1.82, 2.24) is 5.32 Å². The molecule has 0 saturated carbocycles. The van der Waals surface area contributed by atoms with E-state index in [1.54, 1.807) is 12.1 Å². The highest BCUT2D eigenvalue weighted by Crippen LogP contribution is 2.27. The van der Waals surface area contributed by atoms with Crippen LogP contribution in [0.2, 0.25) is 0 Å². The van der Waals surface area contributed by atoms with Crippen LogP contribution in [0.25, 0.3) is 0 Å². The van der Waals surface area contributed by atoms with Gasteiger partial charge in [-0.2, -0.15) is 0 Å². The van der Waals surface area contributed by atoms with Gasteiger partial charge in [0, 0.05) is 11.0 Å². The van der Waals surface area contributed by atoms with Crippen molar-refractivity contribution in [3.63, 3.8) is 0 Å². The van der Waals surface area contributed by atoms with Gasteiger partial charge in [0.15, 0.2) is 0 Å². The molecule has 1 atom stereocenters. The zero-order valence-corrected chi connectivity index (χ0v) is 11.1. The van der Waals surface area contributed by atoms with Crippen LogP contribution in [0.15, 0.2) is 22.7 Å². The highest BCUT2D eigenvalue weighted by Gasteiger charge is 2.36. The Morgan fingerprint density at radius 2 is 2.35 bits per heavy atom. The Morgan fingerprint density at radius 1 is 1.59 bits per heavy atom. The fourth-order valence-corrected chi connectivity index (χ4v) is 2.21. The van der Waals surface area contributed by atoms with E-state index in [9.17, 15) is 9.18 Å². The summed E-state index contributed by atoms with van der Waals surface area (Å²) in [5.74, 6) is -0.564. The van der Waals surface area contributed by atoms with Crippen molar-refractivity contribution in [3.05, 3.63) is 28.5 Å². The van der Waals surface area contributed by atoms with Crippen molar-refractivity contribution in [2.75, 3.05) is 18.4 Å². The lowest BCUT2D eigenvalue weighted by atomic mass is 9.89. The second kappa shape index (κ2) is 4.74. The normalized spacial score (nSPS) is 23.7. The minimum atomic E-state index is -0.445. The smallest absolute Gasteiger partial charge is 0.231 e. The third-order valence-corrected chi connectivity index (χ3v) is 3.59. The van der Waals surface area contributed by atoms with Crippen LogP contribution in [0.5, 0.6) is 0 Å². The molecule has 1 saturated heterocycles. The van der Waals surface area contributed by atoms with Gasteiger partial charge >= 0.3 is 0 Å².